The molecule has 1 aliphatic rings. The topological polar surface area (TPSA) is 168 Å². The number of methoxy groups -OCH3 is 2. The van der Waals surface area contributed by atoms with Gasteiger partial charge in [0.15, 0.2) is 28.5 Å². The number of ether oxygens (including phenoxy) is 2. The summed E-state index contributed by atoms with van der Waals surface area (Å²) in [6.07, 6.45) is 1.63. The molecule has 192 valence electrons. The molecule has 1 saturated heterocycles. The number of nitrogens with zero attached hydrogens (tertiary/aromatic N) is 9. The number of aromatic nitrogens is 4. The minimum Gasteiger partial charge on any atom is -0.493 e. The van der Waals surface area contributed by atoms with Crippen LogP contribution in [0.15, 0.2) is 53.8 Å². The summed E-state index contributed by atoms with van der Waals surface area (Å²) >= 11 is 0. The third kappa shape index (κ3) is 4.77. The normalized spacial score (nSPS) is 13.2. The number of azide groups is 1. The van der Waals surface area contributed by atoms with Crippen LogP contribution >= 0.6 is 0 Å². The number of carbonyl (C=O) groups excluding carboxylic acids is 1. The van der Waals surface area contributed by atoms with Crippen molar-refractivity contribution in [3.8, 4) is 22.8 Å². The van der Waals surface area contributed by atoms with Crippen LogP contribution in [0.1, 0.15) is 10.4 Å². The molecule has 13 nitrogen and oxygen atoms in total. The zero-order valence-electron chi connectivity index (χ0n) is 20.8. The van der Waals surface area contributed by atoms with E-state index in [0.29, 0.717) is 71.6 Å². The monoisotopic (exact) mass is 512 g/mol. The average molecular weight is 513 g/mol. The summed E-state index contributed by atoms with van der Waals surface area (Å²) in [5.41, 5.74) is 17.8. The van der Waals surface area contributed by atoms with Crippen molar-refractivity contribution in [1.82, 2.24) is 24.8 Å². The van der Waals surface area contributed by atoms with E-state index < -0.39 is 0 Å². The summed E-state index contributed by atoms with van der Waals surface area (Å²) in [6, 6.07) is 12.1. The minimum atomic E-state index is -0.0975. The second kappa shape index (κ2) is 10.4. The number of carbonyl (C=O) groups is 1. The highest BCUT2D eigenvalue weighted by molar-refractivity contribution is 5.95. The molecule has 0 bridgehead atoms. The maximum Gasteiger partial charge on any atom is 0.253 e. The standard InChI is InChI=1S/C25H24N10O3/c1-37-19-8-5-16(13-20(19)38-2)18-14-28-22-21(29-18)23(31-25(26)30-22)34-9-11-35(12-10-34)24(36)15-3-6-17(7-4-15)32-33-27/h3-8,13-14H,9-12H2,1-2H3,(H2,26,28,30,31). The Hall–Kier alpha value is -5.16. The van der Waals surface area contributed by atoms with Gasteiger partial charge in [-0.15, -0.1) is 0 Å². The van der Waals surface area contributed by atoms with Gasteiger partial charge in [-0.25, -0.2) is 9.97 Å². The van der Waals surface area contributed by atoms with Crippen LogP contribution < -0.4 is 20.1 Å². The van der Waals surface area contributed by atoms with E-state index in [1.165, 1.54) is 0 Å². The number of hydrogen-bond donors (Lipinski definition) is 1. The summed E-state index contributed by atoms with van der Waals surface area (Å²) in [5.74, 6) is 1.75. The molecule has 0 saturated carbocycles. The summed E-state index contributed by atoms with van der Waals surface area (Å²) in [7, 11) is 3.15. The van der Waals surface area contributed by atoms with Crippen LogP contribution in [0.5, 0.6) is 11.5 Å². The Balaban J connectivity index is 1.39. The maximum absolute atomic E-state index is 13.0. The van der Waals surface area contributed by atoms with Crippen LogP contribution in [0.4, 0.5) is 17.5 Å². The highest BCUT2D eigenvalue weighted by atomic mass is 16.5. The molecule has 5 rings (SSSR count). The van der Waals surface area contributed by atoms with Gasteiger partial charge in [-0.05, 0) is 35.9 Å². The van der Waals surface area contributed by atoms with E-state index in [1.807, 2.05) is 17.0 Å². The largest absolute Gasteiger partial charge is 0.493 e. The zero-order valence-corrected chi connectivity index (χ0v) is 20.8. The molecule has 0 unspecified atom stereocenters. The third-order valence-electron chi connectivity index (χ3n) is 6.23. The molecule has 0 aliphatic carbocycles. The number of benzene rings is 2. The molecule has 3 heterocycles. The Morgan fingerprint density at radius 2 is 1.74 bits per heavy atom. The summed E-state index contributed by atoms with van der Waals surface area (Å²) < 4.78 is 10.8. The van der Waals surface area contributed by atoms with Crippen LogP contribution in [0.2, 0.25) is 0 Å². The van der Waals surface area contributed by atoms with Crippen LogP contribution in [0, 0.1) is 0 Å². The maximum atomic E-state index is 13.0. The first-order valence-corrected chi connectivity index (χ1v) is 11.7. The minimum absolute atomic E-state index is 0.0966. The number of nitrogen functional groups attached to an aromatic ring is 1. The van der Waals surface area contributed by atoms with Gasteiger partial charge in [0.1, 0.15) is 0 Å². The van der Waals surface area contributed by atoms with Crippen molar-refractivity contribution in [2.45, 2.75) is 0 Å². The Morgan fingerprint density at radius 1 is 1.00 bits per heavy atom. The summed E-state index contributed by atoms with van der Waals surface area (Å²) in [5, 5.41) is 3.54. The molecule has 0 radical (unpaired) electrons. The Morgan fingerprint density at radius 3 is 2.42 bits per heavy atom. The van der Waals surface area contributed by atoms with Crippen molar-refractivity contribution in [3.05, 3.63) is 64.7 Å². The highest BCUT2D eigenvalue weighted by Crippen LogP contribution is 2.33. The second-order valence-corrected chi connectivity index (χ2v) is 8.42. The van der Waals surface area contributed by atoms with Gasteiger partial charge in [0, 0.05) is 47.9 Å². The fourth-order valence-electron chi connectivity index (χ4n) is 4.29. The van der Waals surface area contributed by atoms with E-state index in [-0.39, 0.29) is 11.9 Å². The molecule has 2 aromatic carbocycles. The Labute approximate surface area is 217 Å². The Kier molecular flexibility index (Phi) is 6.74. The van der Waals surface area contributed by atoms with Gasteiger partial charge in [0.25, 0.3) is 5.91 Å². The lowest BCUT2D eigenvalue weighted by Crippen LogP contribution is -2.49. The number of piperazine rings is 1. The first kappa shape index (κ1) is 24.5. The molecule has 0 spiro atoms. The van der Waals surface area contributed by atoms with Gasteiger partial charge >= 0.3 is 0 Å². The predicted octanol–water partition coefficient (Wildman–Crippen LogP) is 3.59. The number of hydrogen-bond acceptors (Lipinski definition) is 10. The molecule has 2 N–H and O–H groups in total. The number of rotatable bonds is 6. The molecule has 0 atom stereocenters. The molecule has 4 aromatic rings. The third-order valence-corrected chi connectivity index (χ3v) is 6.23. The van der Waals surface area contributed by atoms with Crippen molar-refractivity contribution >= 4 is 34.5 Å². The van der Waals surface area contributed by atoms with Crippen LogP contribution in [0.25, 0.3) is 32.9 Å². The first-order valence-electron chi connectivity index (χ1n) is 11.7. The smallest absolute Gasteiger partial charge is 0.253 e. The lowest BCUT2D eigenvalue weighted by atomic mass is 10.1. The molecule has 1 fully saturated rings. The molecular weight excluding hydrogens is 488 g/mol. The van der Waals surface area contributed by atoms with Crippen molar-refractivity contribution < 1.29 is 14.3 Å². The van der Waals surface area contributed by atoms with Crippen molar-refractivity contribution in [1.29, 1.82) is 0 Å². The van der Waals surface area contributed by atoms with Gasteiger partial charge in [-0.2, -0.15) is 9.97 Å². The molecular formula is C25H24N10O3. The molecule has 1 aliphatic heterocycles. The van der Waals surface area contributed by atoms with E-state index in [0.717, 1.165) is 5.56 Å². The second-order valence-electron chi connectivity index (χ2n) is 8.42. The SMILES string of the molecule is COc1ccc(-c2cnc3nc(N)nc(N4CCN(C(=O)c5ccc(N=[N+]=[N-])cc5)CC4)c3n2)cc1OC. The fraction of sp³-hybridized carbons (Fsp3) is 0.240. The number of nitrogens with two attached hydrogens (primary N) is 1. The van der Waals surface area contributed by atoms with Crippen molar-refractivity contribution in [2.75, 3.05) is 51.0 Å². The van der Waals surface area contributed by atoms with E-state index in [2.05, 4.69) is 25.0 Å². The lowest BCUT2D eigenvalue weighted by Gasteiger charge is -2.35. The van der Waals surface area contributed by atoms with E-state index in [4.69, 9.17) is 25.7 Å². The lowest BCUT2D eigenvalue weighted by molar-refractivity contribution is 0.0746. The predicted molar refractivity (Wildman–Crippen MR) is 141 cm³/mol. The molecule has 1 amide bonds. The summed E-state index contributed by atoms with van der Waals surface area (Å²) in [4.78, 5) is 37.6. The first-order chi connectivity index (χ1) is 18.5. The molecule has 38 heavy (non-hydrogen) atoms. The van der Waals surface area contributed by atoms with Gasteiger partial charge in [0.05, 0.1) is 26.1 Å². The average Bonchev–Trinajstić information content (AvgIpc) is 2.96. The van der Waals surface area contributed by atoms with Gasteiger partial charge in [-0.1, -0.05) is 17.2 Å². The number of amides is 1. The van der Waals surface area contributed by atoms with E-state index >= 15 is 0 Å². The number of fused-ring (bicyclic) bond motifs is 1. The molecule has 2 aromatic heterocycles. The van der Waals surface area contributed by atoms with Gasteiger partial charge in [0.2, 0.25) is 5.95 Å². The van der Waals surface area contributed by atoms with Crippen LogP contribution in [-0.4, -0.2) is 71.1 Å². The van der Waals surface area contributed by atoms with Crippen molar-refractivity contribution in [3.63, 3.8) is 0 Å². The summed E-state index contributed by atoms with van der Waals surface area (Å²) in [6.45, 7) is 2.00. The van der Waals surface area contributed by atoms with Crippen molar-refractivity contribution in [2.24, 2.45) is 5.11 Å². The van der Waals surface area contributed by atoms with Crippen LogP contribution in [0.3, 0.4) is 0 Å². The zero-order chi connectivity index (χ0) is 26.6. The number of anilines is 2. The highest BCUT2D eigenvalue weighted by Gasteiger charge is 2.25. The quantitative estimate of drug-likeness (QED) is 0.230. The molecule has 13 heteroatoms. The van der Waals surface area contributed by atoms with E-state index in [9.17, 15) is 4.79 Å². The van der Waals surface area contributed by atoms with Gasteiger partial charge in [-0.3, -0.25) is 4.79 Å². The van der Waals surface area contributed by atoms with Gasteiger partial charge < -0.3 is 25.0 Å². The fourth-order valence-corrected chi connectivity index (χ4v) is 4.29. The van der Waals surface area contributed by atoms with Crippen LogP contribution in [-0.2, 0) is 0 Å². The Bertz CT molecular complexity index is 1550. The van der Waals surface area contributed by atoms with E-state index in [1.54, 1.807) is 55.6 Å².